The van der Waals surface area contributed by atoms with Crippen molar-refractivity contribution in [3.8, 4) is 11.5 Å². The van der Waals surface area contributed by atoms with Gasteiger partial charge in [0.2, 0.25) is 5.95 Å². The maximum absolute atomic E-state index is 5.66. The fourth-order valence-corrected chi connectivity index (χ4v) is 3.18. The molecule has 6 heteroatoms. The lowest BCUT2D eigenvalue weighted by Crippen LogP contribution is -2.23. The number of anilines is 3. The van der Waals surface area contributed by atoms with Gasteiger partial charge >= 0.3 is 0 Å². The minimum atomic E-state index is 0.562. The van der Waals surface area contributed by atoms with Gasteiger partial charge in [-0.1, -0.05) is 30.3 Å². The highest BCUT2D eigenvalue weighted by atomic mass is 16.6. The average Bonchev–Trinajstić information content (AvgIpc) is 2.72. The van der Waals surface area contributed by atoms with Crippen molar-refractivity contribution in [3.05, 3.63) is 65.9 Å². The van der Waals surface area contributed by atoms with E-state index in [9.17, 15) is 0 Å². The third-order valence-electron chi connectivity index (χ3n) is 4.56. The van der Waals surface area contributed by atoms with E-state index in [-0.39, 0.29) is 0 Å². The first-order valence-electron chi connectivity index (χ1n) is 9.52. The Morgan fingerprint density at radius 3 is 2.54 bits per heavy atom. The molecule has 4 rings (SSSR count). The molecule has 0 radical (unpaired) electrons. The lowest BCUT2D eigenvalue weighted by Gasteiger charge is -2.23. The summed E-state index contributed by atoms with van der Waals surface area (Å²) in [7, 11) is 0. The van der Waals surface area contributed by atoms with E-state index in [1.54, 1.807) is 0 Å². The molecule has 0 bridgehead atoms. The molecule has 1 aliphatic rings. The van der Waals surface area contributed by atoms with Gasteiger partial charge < -0.3 is 19.7 Å². The molecule has 0 atom stereocenters. The van der Waals surface area contributed by atoms with Gasteiger partial charge in [0.1, 0.15) is 19.0 Å². The van der Waals surface area contributed by atoms with Crippen molar-refractivity contribution in [3.63, 3.8) is 0 Å². The van der Waals surface area contributed by atoms with Crippen LogP contribution in [-0.4, -0.2) is 29.7 Å². The van der Waals surface area contributed by atoms with Crippen molar-refractivity contribution in [1.82, 2.24) is 9.97 Å². The zero-order chi connectivity index (χ0) is 19.3. The smallest absolute Gasteiger partial charge is 0.229 e. The van der Waals surface area contributed by atoms with Gasteiger partial charge in [-0.3, -0.25) is 0 Å². The Kier molecular flexibility index (Phi) is 5.28. The summed E-state index contributed by atoms with van der Waals surface area (Å²) < 4.78 is 11.2. The second kappa shape index (κ2) is 8.17. The Bertz CT molecular complexity index is 947. The fraction of sp³-hybridized carbons (Fsp3) is 0.273. The maximum Gasteiger partial charge on any atom is 0.229 e. The Balaban J connectivity index is 1.56. The summed E-state index contributed by atoms with van der Waals surface area (Å²) in [6.07, 6.45) is 0. The number of hydrogen-bond acceptors (Lipinski definition) is 6. The summed E-state index contributed by atoms with van der Waals surface area (Å²) >= 11 is 0. The van der Waals surface area contributed by atoms with Crippen LogP contribution in [0.5, 0.6) is 11.5 Å². The number of nitrogens with one attached hydrogen (secondary N) is 1. The molecular formula is C22H24N4O2. The third-order valence-corrected chi connectivity index (χ3v) is 4.56. The number of nitrogens with zero attached hydrogens (tertiary/aromatic N) is 3. The molecule has 2 aromatic carbocycles. The minimum absolute atomic E-state index is 0.562. The molecule has 6 nitrogen and oxygen atoms in total. The minimum Gasteiger partial charge on any atom is -0.486 e. The molecule has 0 saturated heterocycles. The lowest BCUT2D eigenvalue weighted by molar-refractivity contribution is 0.171. The topological polar surface area (TPSA) is 59.5 Å². The molecule has 0 unspecified atom stereocenters. The summed E-state index contributed by atoms with van der Waals surface area (Å²) in [5, 5.41) is 3.29. The predicted molar refractivity (Wildman–Crippen MR) is 111 cm³/mol. The van der Waals surface area contributed by atoms with Gasteiger partial charge in [0.15, 0.2) is 11.5 Å². The summed E-state index contributed by atoms with van der Waals surface area (Å²) in [5.41, 5.74) is 3.03. The molecule has 2 heterocycles. The molecule has 0 aliphatic carbocycles. The van der Waals surface area contributed by atoms with Crippen LogP contribution in [0.2, 0.25) is 0 Å². The molecule has 0 fully saturated rings. The molecule has 0 amide bonds. The van der Waals surface area contributed by atoms with E-state index >= 15 is 0 Å². The third kappa shape index (κ3) is 4.17. The molecule has 0 spiro atoms. The van der Waals surface area contributed by atoms with Crippen LogP contribution in [-0.2, 0) is 6.54 Å². The van der Waals surface area contributed by atoms with Crippen molar-refractivity contribution in [2.24, 2.45) is 0 Å². The standard InChI is InChI=1S/C22H24N4O2/c1-3-26(15-17-7-5-4-6-8-17)21-13-16(2)23-22(25-21)24-18-9-10-19-20(14-18)28-12-11-27-19/h4-10,13-14H,3,11-12,15H2,1-2H3,(H,23,24,25). The van der Waals surface area contributed by atoms with Gasteiger partial charge in [-0.05, 0) is 31.5 Å². The van der Waals surface area contributed by atoms with Gasteiger partial charge in [-0.15, -0.1) is 0 Å². The molecule has 1 aromatic heterocycles. The average molecular weight is 376 g/mol. The molecule has 1 aliphatic heterocycles. The zero-order valence-electron chi connectivity index (χ0n) is 16.2. The van der Waals surface area contributed by atoms with E-state index in [1.807, 2.05) is 37.3 Å². The van der Waals surface area contributed by atoms with E-state index in [4.69, 9.17) is 14.5 Å². The summed E-state index contributed by atoms with van der Waals surface area (Å²) in [5.74, 6) is 2.98. The van der Waals surface area contributed by atoms with Crippen molar-refractivity contribution < 1.29 is 9.47 Å². The van der Waals surface area contributed by atoms with Gasteiger partial charge in [-0.2, -0.15) is 4.98 Å². The first kappa shape index (κ1) is 18.1. The molecule has 144 valence electrons. The van der Waals surface area contributed by atoms with Gasteiger partial charge in [-0.25, -0.2) is 4.98 Å². The van der Waals surface area contributed by atoms with Crippen molar-refractivity contribution in [2.45, 2.75) is 20.4 Å². The van der Waals surface area contributed by atoms with Crippen LogP contribution >= 0.6 is 0 Å². The lowest BCUT2D eigenvalue weighted by atomic mass is 10.2. The molecule has 0 saturated carbocycles. The zero-order valence-corrected chi connectivity index (χ0v) is 16.2. The van der Waals surface area contributed by atoms with E-state index in [0.29, 0.717) is 19.2 Å². The monoisotopic (exact) mass is 376 g/mol. The summed E-state index contributed by atoms with van der Waals surface area (Å²) in [6, 6.07) is 18.2. The maximum atomic E-state index is 5.66. The van der Waals surface area contributed by atoms with Crippen LogP contribution in [0.3, 0.4) is 0 Å². The van der Waals surface area contributed by atoms with Crippen LogP contribution in [0, 0.1) is 6.92 Å². The van der Waals surface area contributed by atoms with Gasteiger partial charge in [0, 0.05) is 36.6 Å². The van der Waals surface area contributed by atoms with Crippen LogP contribution in [0.1, 0.15) is 18.2 Å². The van der Waals surface area contributed by atoms with E-state index in [2.05, 4.69) is 46.4 Å². The predicted octanol–water partition coefficient (Wildman–Crippen LogP) is 4.33. The van der Waals surface area contributed by atoms with Crippen molar-refractivity contribution in [1.29, 1.82) is 0 Å². The highest BCUT2D eigenvalue weighted by molar-refractivity contribution is 5.61. The Labute approximate surface area is 165 Å². The van der Waals surface area contributed by atoms with Crippen LogP contribution < -0.4 is 19.7 Å². The normalized spacial score (nSPS) is 12.5. The molecule has 1 N–H and O–H groups in total. The molecule has 3 aromatic rings. The molecular weight excluding hydrogens is 352 g/mol. The SMILES string of the molecule is CCN(Cc1ccccc1)c1cc(C)nc(Nc2ccc3c(c2)OCCO3)n1. The Hall–Kier alpha value is -3.28. The highest BCUT2D eigenvalue weighted by Gasteiger charge is 2.14. The van der Waals surface area contributed by atoms with E-state index < -0.39 is 0 Å². The van der Waals surface area contributed by atoms with E-state index in [1.165, 1.54) is 5.56 Å². The number of aromatic nitrogens is 2. The van der Waals surface area contributed by atoms with Crippen molar-refractivity contribution >= 4 is 17.5 Å². The number of benzene rings is 2. The highest BCUT2D eigenvalue weighted by Crippen LogP contribution is 2.33. The molecule has 28 heavy (non-hydrogen) atoms. The number of aryl methyl sites for hydroxylation is 1. The Morgan fingerprint density at radius 2 is 1.75 bits per heavy atom. The number of rotatable bonds is 6. The number of hydrogen-bond donors (Lipinski definition) is 1. The van der Waals surface area contributed by atoms with Gasteiger partial charge in [0.25, 0.3) is 0 Å². The fourth-order valence-electron chi connectivity index (χ4n) is 3.18. The van der Waals surface area contributed by atoms with Crippen molar-refractivity contribution in [2.75, 3.05) is 30.0 Å². The van der Waals surface area contributed by atoms with Crippen LogP contribution in [0.4, 0.5) is 17.5 Å². The first-order chi connectivity index (χ1) is 13.7. The van der Waals surface area contributed by atoms with Crippen LogP contribution in [0.15, 0.2) is 54.6 Å². The Morgan fingerprint density at radius 1 is 0.964 bits per heavy atom. The number of ether oxygens (including phenoxy) is 2. The number of fused-ring (bicyclic) bond motifs is 1. The summed E-state index contributed by atoms with van der Waals surface area (Å²) in [4.78, 5) is 11.5. The van der Waals surface area contributed by atoms with E-state index in [0.717, 1.165) is 41.8 Å². The van der Waals surface area contributed by atoms with Crippen LogP contribution in [0.25, 0.3) is 0 Å². The second-order valence-electron chi connectivity index (χ2n) is 6.67. The first-order valence-corrected chi connectivity index (χ1v) is 9.52. The largest absolute Gasteiger partial charge is 0.486 e. The second-order valence-corrected chi connectivity index (χ2v) is 6.67. The quantitative estimate of drug-likeness (QED) is 0.691. The van der Waals surface area contributed by atoms with Gasteiger partial charge in [0.05, 0.1) is 0 Å². The summed E-state index contributed by atoms with van der Waals surface area (Å²) in [6.45, 7) is 6.92.